The van der Waals surface area contributed by atoms with Crippen LogP contribution in [0.2, 0.25) is 0 Å². The van der Waals surface area contributed by atoms with Crippen molar-refractivity contribution in [3.63, 3.8) is 0 Å². The molecule has 136 valence electrons. The second kappa shape index (κ2) is 7.33. The molecule has 2 saturated heterocycles. The van der Waals surface area contributed by atoms with Crippen LogP contribution >= 0.6 is 0 Å². The van der Waals surface area contributed by atoms with Gasteiger partial charge in [0.2, 0.25) is 11.8 Å². The van der Waals surface area contributed by atoms with Crippen LogP contribution in [0.3, 0.4) is 0 Å². The van der Waals surface area contributed by atoms with Crippen LogP contribution in [-0.4, -0.2) is 56.0 Å². The molecule has 6 nitrogen and oxygen atoms in total. The molecule has 0 unspecified atom stereocenters. The van der Waals surface area contributed by atoms with Gasteiger partial charge in [-0.05, 0) is 31.4 Å². The van der Waals surface area contributed by atoms with Gasteiger partial charge in [-0.15, -0.1) is 0 Å². The number of carbonyl (C=O) groups excluding carboxylic acids is 2. The molecule has 0 spiro atoms. The molecule has 25 heavy (non-hydrogen) atoms. The maximum Gasteiger partial charge on any atom is 0.226 e. The molecule has 2 fully saturated rings. The van der Waals surface area contributed by atoms with Gasteiger partial charge < -0.3 is 19.3 Å². The summed E-state index contributed by atoms with van der Waals surface area (Å²) in [5.41, 5.74) is 1.01. The number of nitrogens with zero attached hydrogens (tertiary/aromatic N) is 2. The third-order valence-corrected chi connectivity index (χ3v) is 5.34. The van der Waals surface area contributed by atoms with Crippen molar-refractivity contribution >= 4 is 11.8 Å². The third-order valence-electron chi connectivity index (χ3n) is 5.34. The molecule has 0 aliphatic carbocycles. The normalized spacial score (nSPS) is 23.7. The smallest absolute Gasteiger partial charge is 0.226 e. The quantitative estimate of drug-likeness (QED) is 0.839. The Morgan fingerprint density at radius 1 is 1.16 bits per heavy atom. The summed E-state index contributed by atoms with van der Waals surface area (Å²) in [4.78, 5) is 28.7. The lowest BCUT2D eigenvalue weighted by Crippen LogP contribution is -2.43. The number of piperidine rings is 1. The Morgan fingerprint density at radius 3 is 2.64 bits per heavy atom. The van der Waals surface area contributed by atoms with Gasteiger partial charge in [0.25, 0.3) is 0 Å². The summed E-state index contributed by atoms with van der Waals surface area (Å²) in [5.74, 6) is 1.43. The van der Waals surface area contributed by atoms with Gasteiger partial charge in [0.1, 0.15) is 11.5 Å². The highest BCUT2D eigenvalue weighted by Crippen LogP contribution is 2.40. The Kier molecular flexibility index (Phi) is 5.16. The molecule has 0 saturated carbocycles. The number of hydrogen-bond donors (Lipinski definition) is 0. The molecule has 0 N–H and O–H groups in total. The van der Waals surface area contributed by atoms with Gasteiger partial charge in [-0.2, -0.15) is 0 Å². The predicted octanol–water partition coefficient (Wildman–Crippen LogP) is 2.24. The number of benzene rings is 1. The molecular weight excluding hydrogens is 320 g/mol. The van der Waals surface area contributed by atoms with Crippen LogP contribution in [-0.2, 0) is 9.59 Å². The van der Waals surface area contributed by atoms with E-state index in [9.17, 15) is 9.59 Å². The van der Waals surface area contributed by atoms with Crippen molar-refractivity contribution in [2.45, 2.75) is 31.7 Å². The molecule has 2 aliphatic heterocycles. The van der Waals surface area contributed by atoms with Crippen LogP contribution in [0.4, 0.5) is 0 Å². The fourth-order valence-corrected chi connectivity index (χ4v) is 3.84. The zero-order valence-corrected chi connectivity index (χ0v) is 15.2. The van der Waals surface area contributed by atoms with E-state index in [1.165, 1.54) is 0 Å². The zero-order valence-electron chi connectivity index (χ0n) is 15.2. The van der Waals surface area contributed by atoms with E-state index in [-0.39, 0.29) is 23.8 Å². The summed E-state index contributed by atoms with van der Waals surface area (Å²) in [7, 11) is 5.05. The molecule has 1 aromatic carbocycles. The van der Waals surface area contributed by atoms with Crippen LogP contribution in [0.5, 0.6) is 11.5 Å². The standard InChI is InChI=1S/C19H26N2O4/c1-20-10-8-13(11-18(20)22)19(23)21-9-4-5-16(21)15-7-6-14(24-2)12-17(15)25-3/h6-7,12-13,16H,4-5,8-11H2,1-3H3/t13-,16-/m1/s1. The Morgan fingerprint density at radius 2 is 1.96 bits per heavy atom. The molecule has 0 radical (unpaired) electrons. The molecule has 2 heterocycles. The van der Waals surface area contributed by atoms with E-state index in [4.69, 9.17) is 9.47 Å². The number of methoxy groups -OCH3 is 2. The van der Waals surface area contributed by atoms with Crippen molar-refractivity contribution in [2.24, 2.45) is 5.92 Å². The first-order chi connectivity index (χ1) is 12.0. The lowest BCUT2D eigenvalue weighted by molar-refractivity contribution is -0.145. The molecule has 0 bridgehead atoms. The van der Waals surface area contributed by atoms with Crippen molar-refractivity contribution in [3.05, 3.63) is 23.8 Å². The lowest BCUT2D eigenvalue weighted by Gasteiger charge is -2.33. The first kappa shape index (κ1) is 17.6. The van der Waals surface area contributed by atoms with E-state index in [0.717, 1.165) is 42.9 Å². The number of ether oxygens (including phenoxy) is 2. The van der Waals surface area contributed by atoms with Crippen molar-refractivity contribution in [1.82, 2.24) is 9.80 Å². The van der Waals surface area contributed by atoms with Gasteiger partial charge in [0.05, 0.1) is 20.3 Å². The maximum atomic E-state index is 13.0. The fourth-order valence-electron chi connectivity index (χ4n) is 3.84. The highest BCUT2D eigenvalue weighted by atomic mass is 16.5. The average molecular weight is 346 g/mol. The predicted molar refractivity (Wildman–Crippen MR) is 93.6 cm³/mol. The van der Waals surface area contributed by atoms with Crippen molar-refractivity contribution in [1.29, 1.82) is 0 Å². The molecule has 2 atom stereocenters. The van der Waals surface area contributed by atoms with Gasteiger partial charge in [0, 0.05) is 44.1 Å². The monoisotopic (exact) mass is 346 g/mol. The molecule has 2 amide bonds. The van der Waals surface area contributed by atoms with E-state index in [1.807, 2.05) is 23.1 Å². The summed E-state index contributed by atoms with van der Waals surface area (Å²) < 4.78 is 10.8. The Balaban J connectivity index is 1.81. The third kappa shape index (κ3) is 3.43. The minimum absolute atomic E-state index is 0.00288. The van der Waals surface area contributed by atoms with E-state index in [0.29, 0.717) is 13.0 Å². The van der Waals surface area contributed by atoms with Crippen LogP contribution in [0.1, 0.15) is 37.3 Å². The summed E-state index contributed by atoms with van der Waals surface area (Å²) in [5, 5.41) is 0. The summed E-state index contributed by atoms with van der Waals surface area (Å²) in [6.07, 6.45) is 2.93. The molecule has 0 aromatic heterocycles. The van der Waals surface area contributed by atoms with Gasteiger partial charge in [-0.3, -0.25) is 9.59 Å². The number of carbonyl (C=O) groups is 2. The van der Waals surface area contributed by atoms with Crippen molar-refractivity contribution in [2.75, 3.05) is 34.4 Å². The number of amides is 2. The first-order valence-electron chi connectivity index (χ1n) is 8.81. The Labute approximate surface area is 148 Å². The van der Waals surface area contributed by atoms with Crippen molar-refractivity contribution < 1.29 is 19.1 Å². The summed E-state index contributed by atoms with van der Waals surface area (Å²) >= 11 is 0. The topological polar surface area (TPSA) is 59.1 Å². The SMILES string of the molecule is COc1ccc([C@H]2CCCN2C(=O)[C@@H]2CCN(C)C(=O)C2)c(OC)c1. The van der Waals surface area contributed by atoms with Crippen LogP contribution in [0.15, 0.2) is 18.2 Å². The summed E-state index contributed by atoms with van der Waals surface area (Å²) in [6.45, 7) is 1.39. The van der Waals surface area contributed by atoms with E-state index in [2.05, 4.69) is 0 Å². The molecular formula is C19H26N2O4. The fraction of sp³-hybridized carbons (Fsp3) is 0.579. The maximum absolute atomic E-state index is 13.0. The number of likely N-dealkylation sites (tertiary alicyclic amines) is 2. The minimum Gasteiger partial charge on any atom is -0.497 e. The van der Waals surface area contributed by atoms with Gasteiger partial charge in [0.15, 0.2) is 0 Å². The number of rotatable bonds is 4. The van der Waals surface area contributed by atoms with Crippen LogP contribution in [0, 0.1) is 5.92 Å². The second-order valence-corrected chi connectivity index (χ2v) is 6.80. The first-order valence-corrected chi connectivity index (χ1v) is 8.81. The van der Waals surface area contributed by atoms with Gasteiger partial charge in [-0.1, -0.05) is 0 Å². The van der Waals surface area contributed by atoms with E-state index < -0.39 is 0 Å². The Bertz CT molecular complexity index is 661. The summed E-state index contributed by atoms with van der Waals surface area (Å²) in [6, 6.07) is 5.74. The Hall–Kier alpha value is -2.24. The highest BCUT2D eigenvalue weighted by molar-refractivity contribution is 5.87. The lowest BCUT2D eigenvalue weighted by atomic mass is 9.94. The van der Waals surface area contributed by atoms with E-state index >= 15 is 0 Å². The molecule has 2 aliphatic rings. The van der Waals surface area contributed by atoms with Gasteiger partial charge >= 0.3 is 0 Å². The van der Waals surface area contributed by atoms with Crippen LogP contribution < -0.4 is 9.47 Å². The molecule has 1 aromatic rings. The van der Waals surface area contributed by atoms with Gasteiger partial charge in [-0.25, -0.2) is 0 Å². The largest absolute Gasteiger partial charge is 0.497 e. The second-order valence-electron chi connectivity index (χ2n) is 6.80. The van der Waals surface area contributed by atoms with Crippen molar-refractivity contribution in [3.8, 4) is 11.5 Å². The van der Waals surface area contributed by atoms with E-state index in [1.54, 1.807) is 26.2 Å². The zero-order chi connectivity index (χ0) is 18.0. The molecule has 6 heteroatoms. The molecule has 3 rings (SSSR count). The number of hydrogen-bond acceptors (Lipinski definition) is 4. The van der Waals surface area contributed by atoms with Crippen LogP contribution in [0.25, 0.3) is 0 Å². The average Bonchev–Trinajstić information content (AvgIpc) is 3.12. The minimum atomic E-state index is -0.200. The highest BCUT2D eigenvalue weighted by Gasteiger charge is 2.37.